The van der Waals surface area contributed by atoms with Crippen LogP contribution in [0.1, 0.15) is 31.2 Å². The van der Waals surface area contributed by atoms with E-state index in [-0.39, 0.29) is 35.6 Å². The highest BCUT2D eigenvalue weighted by atomic mass is 16.2. The van der Waals surface area contributed by atoms with Crippen LogP contribution in [0.2, 0.25) is 0 Å². The average Bonchev–Trinajstić information content (AvgIpc) is 2.77. The van der Waals surface area contributed by atoms with Crippen molar-refractivity contribution in [2.45, 2.75) is 38.1 Å². The highest BCUT2D eigenvalue weighted by Gasteiger charge is 2.30. The molecule has 0 saturated carbocycles. The molecule has 0 spiro atoms. The van der Waals surface area contributed by atoms with E-state index in [9.17, 15) is 19.2 Å². The second-order valence-corrected chi connectivity index (χ2v) is 7.28. The van der Waals surface area contributed by atoms with Crippen molar-refractivity contribution >= 4 is 29.3 Å². The number of imide groups is 2. The summed E-state index contributed by atoms with van der Waals surface area (Å²) in [6.45, 7) is 0. The van der Waals surface area contributed by atoms with E-state index in [1.807, 2.05) is 6.07 Å². The fourth-order valence-corrected chi connectivity index (χ4v) is 3.38. The van der Waals surface area contributed by atoms with Gasteiger partial charge < -0.3 is 4.90 Å². The number of aromatic nitrogens is 4. The van der Waals surface area contributed by atoms with Crippen LogP contribution < -0.4 is 15.5 Å². The van der Waals surface area contributed by atoms with Crippen molar-refractivity contribution in [3.63, 3.8) is 0 Å². The zero-order chi connectivity index (χ0) is 22.2. The van der Waals surface area contributed by atoms with Crippen LogP contribution in [0.25, 0.3) is 0 Å². The Labute approximate surface area is 178 Å². The second-order valence-electron chi connectivity index (χ2n) is 7.28. The van der Waals surface area contributed by atoms with Crippen molar-refractivity contribution in [2.75, 3.05) is 11.9 Å². The average molecular weight is 425 g/mol. The van der Waals surface area contributed by atoms with Gasteiger partial charge in [-0.25, -0.2) is 0 Å². The van der Waals surface area contributed by atoms with Gasteiger partial charge in [-0.15, -0.1) is 0 Å². The Hall–Kier alpha value is -3.76. The number of carbonyl (C=O) groups excluding carboxylic acids is 4. The summed E-state index contributed by atoms with van der Waals surface area (Å²) in [6.07, 6.45) is 8.96. The van der Waals surface area contributed by atoms with Gasteiger partial charge >= 0.3 is 0 Å². The monoisotopic (exact) mass is 425 g/mol. The molecule has 2 aromatic rings. The Morgan fingerprint density at radius 3 is 2.10 bits per heavy atom. The molecular formula is C20H23N7O4. The van der Waals surface area contributed by atoms with Crippen LogP contribution in [0, 0.1) is 5.92 Å². The lowest BCUT2D eigenvalue weighted by Gasteiger charge is -2.30. The maximum absolute atomic E-state index is 11.6. The van der Waals surface area contributed by atoms with E-state index in [4.69, 9.17) is 0 Å². The maximum atomic E-state index is 11.6. The lowest BCUT2D eigenvalue weighted by atomic mass is 9.92. The molecule has 4 rings (SSSR count). The van der Waals surface area contributed by atoms with Crippen LogP contribution in [0.3, 0.4) is 0 Å². The Kier molecular flexibility index (Phi) is 7.31. The lowest BCUT2D eigenvalue weighted by molar-refractivity contribution is -0.137. The molecule has 0 bridgehead atoms. The Morgan fingerprint density at radius 2 is 1.52 bits per heavy atom. The largest absolute Gasteiger partial charge is 0.361 e. The van der Waals surface area contributed by atoms with Crippen LogP contribution in [-0.2, 0) is 25.6 Å². The van der Waals surface area contributed by atoms with Crippen LogP contribution in [-0.4, -0.2) is 57.1 Å². The molecule has 2 unspecified atom stereocenters. The molecule has 0 aromatic carbocycles. The van der Waals surface area contributed by atoms with E-state index < -0.39 is 0 Å². The van der Waals surface area contributed by atoms with Gasteiger partial charge in [0.25, 0.3) is 0 Å². The summed E-state index contributed by atoms with van der Waals surface area (Å²) < 4.78 is 0. The molecule has 2 aliphatic rings. The molecular weight excluding hydrogens is 402 g/mol. The molecule has 0 aliphatic carbocycles. The fraction of sp³-hybridized carbons (Fsp3) is 0.400. The maximum Gasteiger partial charge on any atom is 0.249 e. The summed E-state index contributed by atoms with van der Waals surface area (Å²) in [5.74, 6) is -0.933. The molecule has 2 N–H and O–H groups in total. The molecule has 4 amide bonds. The number of nitrogens with zero attached hydrogens (tertiary/aromatic N) is 5. The van der Waals surface area contributed by atoms with Gasteiger partial charge in [-0.3, -0.25) is 29.8 Å². The van der Waals surface area contributed by atoms with Crippen LogP contribution in [0.5, 0.6) is 0 Å². The number of amides is 4. The predicted molar refractivity (Wildman–Crippen MR) is 108 cm³/mol. The molecule has 11 nitrogen and oxygen atoms in total. The van der Waals surface area contributed by atoms with Gasteiger partial charge in [0.1, 0.15) is 6.04 Å². The number of rotatable bonds is 4. The van der Waals surface area contributed by atoms with E-state index in [2.05, 4.69) is 31.0 Å². The zero-order valence-corrected chi connectivity index (χ0v) is 17.0. The minimum Gasteiger partial charge on any atom is -0.361 e. The first-order valence-electron chi connectivity index (χ1n) is 9.86. The summed E-state index contributed by atoms with van der Waals surface area (Å²) in [4.78, 5) is 46.8. The molecule has 2 fully saturated rings. The van der Waals surface area contributed by atoms with Crippen molar-refractivity contribution in [3.05, 3.63) is 42.5 Å². The molecule has 2 saturated heterocycles. The van der Waals surface area contributed by atoms with Gasteiger partial charge in [-0.1, -0.05) is 0 Å². The van der Waals surface area contributed by atoms with Gasteiger partial charge in [0, 0.05) is 32.0 Å². The van der Waals surface area contributed by atoms with Gasteiger partial charge in [0.05, 0.1) is 24.3 Å². The Bertz CT molecular complexity index is 939. The third kappa shape index (κ3) is 6.11. The first-order chi connectivity index (χ1) is 14.9. The van der Waals surface area contributed by atoms with E-state index >= 15 is 0 Å². The SMILES string of the molecule is CN(c1ccnnc1)C1CCC(=O)NC1=O.O=C1CCC(Cc2ccnnc2)C(=O)N1. The topological polar surface area (TPSA) is 147 Å². The number of likely N-dealkylation sites (N-methyl/N-ethyl adjacent to an activating group) is 1. The van der Waals surface area contributed by atoms with Crippen LogP contribution >= 0.6 is 0 Å². The highest BCUT2D eigenvalue weighted by molar-refractivity contribution is 6.01. The number of anilines is 1. The fourth-order valence-electron chi connectivity index (χ4n) is 3.38. The number of hydrogen-bond acceptors (Lipinski definition) is 9. The number of carbonyl (C=O) groups is 4. The van der Waals surface area contributed by atoms with Crippen LogP contribution in [0.15, 0.2) is 36.9 Å². The molecule has 2 aliphatic heterocycles. The molecule has 2 atom stereocenters. The smallest absolute Gasteiger partial charge is 0.249 e. The summed E-state index contributed by atoms with van der Waals surface area (Å²) in [7, 11) is 1.80. The van der Waals surface area contributed by atoms with Gasteiger partial charge in [-0.05, 0) is 37.0 Å². The van der Waals surface area contributed by atoms with Crippen LogP contribution in [0.4, 0.5) is 5.69 Å². The molecule has 2 aromatic heterocycles. The molecule has 31 heavy (non-hydrogen) atoms. The zero-order valence-electron chi connectivity index (χ0n) is 17.0. The lowest BCUT2D eigenvalue weighted by Crippen LogP contribution is -2.51. The quantitative estimate of drug-likeness (QED) is 0.635. The van der Waals surface area contributed by atoms with Crippen molar-refractivity contribution < 1.29 is 19.2 Å². The minimum absolute atomic E-state index is 0.119. The number of piperidine rings is 2. The summed E-state index contributed by atoms with van der Waals surface area (Å²) >= 11 is 0. The van der Waals surface area contributed by atoms with Gasteiger partial charge in [-0.2, -0.15) is 20.4 Å². The standard InChI is InChI=1S/C10H12N4O2.C10H11N3O2/c1-14(7-4-5-11-12-6-7)8-2-3-9(15)13-10(8)16;14-9-2-1-8(10(15)13-9)5-7-3-4-11-12-6-7/h4-6,8H,2-3H2,1H3,(H,13,15,16);3-4,6,8H,1-2,5H2,(H,13,14,15). The molecule has 162 valence electrons. The minimum atomic E-state index is -0.318. The summed E-state index contributed by atoms with van der Waals surface area (Å²) in [5, 5.41) is 19.5. The molecule has 0 radical (unpaired) electrons. The highest BCUT2D eigenvalue weighted by Crippen LogP contribution is 2.18. The first kappa shape index (κ1) is 21.9. The Balaban J connectivity index is 0.000000176. The Morgan fingerprint density at radius 1 is 0.871 bits per heavy atom. The van der Waals surface area contributed by atoms with E-state index in [1.54, 1.807) is 42.8 Å². The first-order valence-corrected chi connectivity index (χ1v) is 9.86. The predicted octanol–water partition coefficient (Wildman–Crippen LogP) is -0.210. The van der Waals surface area contributed by atoms with Crippen molar-refractivity contribution in [3.8, 4) is 0 Å². The number of nitrogens with one attached hydrogen (secondary N) is 2. The molecule has 11 heteroatoms. The van der Waals surface area contributed by atoms with E-state index in [1.165, 1.54) is 0 Å². The van der Waals surface area contributed by atoms with E-state index in [0.29, 0.717) is 32.1 Å². The third-order valence-corrected chi connectivity index (χ3v) is 5.13. The van der Waals surface area contributed by atoms with Gasteiger partial charge in [0.2, 0.25) is 23.6 Å². The van der Waals surface area contributed by atoms with Crippen molar-refractivity contribution in [1.29, 1.82) is 0 Å². The summed E-state index contributed by atoms with van der Waals surface area (Å²) in [5.41, 5.74) is 1.78. The second kappa shape index (κ2) is 10.3. The summed E-state index contributed by atoms with van der Waals surface area (Å²) in [6, 6.07) is 3.29. The molecule has 4 heterocycles. The van der Waals surface area contributed by atoms with Crippen molar-refractivity contribution in [1.82, 2.24) is 31.0 Å². The van der Waals surface area contributed by atoms with Gasteiger partial charge in [0.15, 0.2) is 0 Å². The normalized spacial score (nSPS) is 20.8. The number of hydrogen-bond donors (Lipinski definition) is 2. The third-order valence-electron chi connectivity index (χ3n) is 5.13. The van der Waals surface area contributed by atoms with Crippen molar-refractivity contribution in [2.24, 2.45) is 5.92 Å². The van der Waals surface area contributed by atoms with E-state index in [0.717, 1.165) is 11.3 Å².